The first-order valence-corrected chi connectivity index (χ1v) is 7.97. The summed E-state index contributed by atoms with van der Waals surface area (Å²) in [5, 5.41) is 0. The number of amides is 1. The molecule has 2 aromatic rings. The van der Waals surface area contributed by atoms with E-state index >= 15 is 0 Å². The fourth-order valence-electron chi connectivity index (χ4n) is 2.87. The maximum atomic E-state index is 12.3. The van der Waals surface area contributed by atoms with Crippen LogP contribution in [0.15, 0.2) is 30.6 Å². The van der Waals surface area contributed by atoms with E-state index < -0.39 is 0 Å². The molecule has 3 heterocycles. The Morgan fingerprint density at radius 3 is 2.57 bits per heavy atom. The van der Waals surface area contributed by atoms with Gasteiger partial charge < -0.3 is 14.2 Å². The molecule has 122 valence electrons. The number of ether oxygens (including phenoxy) is 1. The van der Waals surface area contributed by atoms with Gasteiger partial charge in [-0.05, 0) is 26.0 Å². The van der Waals surface area contributed by atoms with Crippen molar-refractivity contribution in [1.29, 1.82) is 0 Å². The van der Waals surface area contributed by atoms with E-state index in [-0.39, 0.29) is 12.0 Å². The van der Waals surface area contributed by atoms with Gasteiger partial charge in [0.25, 0.3) is 0 Å². The van der Waals surface area contributed by atoms with E-state index in [0.717, 1.165) is 37.4 Å². The zero-order valence-corrected chi connectivity index (χ0v) is 13.6. The van der Waals surface area contributed by atoms with Gasteiger partial charge in [-0.1, -0.05) is 0 Å². The Kier molecular flexibility index (Phi) is 4.60. The van der Waals surface area contributed by atoms with Crippen molar-refractivity contribution in [1.82, 2.24) is 19.4 Å². The second kappa shape index (κ2) is 6.81. The van der Waals surface area contributed by atoms with Crippen molar-refractivity contribution in [3.63, 3.8) is 0 Å². The number of nitrogens with zero attached hydrogens (tertiary/aromatic N) is 4. The van der Waals surface area contributed by atoms with Crippen molar-refractivity contribution < 1.29 is 9.53 Å². The molecular formula is C17H22N4O2. The lowest BCUT2D eigenvalue weighted by molar-refractivity contribution is -0.133. The fourth-order valence-corrected chi connectivity index (χ4v) is 2.87. The van der Waals surface area contributed by atoms with Crippen molar-refractivity contribution in [3.05, 3.63) is 42.1 Å². The zero-order valence-electron chi connectivity index (χ0n) is 13.6. The maximum Gasteiger partial charge on any atom is 0.242 e. The molecule has 0 radical (unpaired) electrons. The third-order valence-corrected chi connectivity index (χ3v) is 4.01. The first kappa shape index (κ1) is 15.5. The predicted molar refractivity (Wildman–Crippen MR) is 86.2 cm³/mol. The molecule has 3 rings (SSSR count). The molecule has 0 aromatic carbocycles. The van der Waals surface area contributed by atoms with Gasteiger partial charge in [-0.15, -0.1) is 0 Å². The number of carbonyl (C=O) groups is 1. The topological polar surface area (TPSA) is 60.2 Å². The van der Waals surface area contributed by atoms with Crippen LogP contribution in [0.25, 0.3) is 0 Å². The Morgan fingerprint density at radius 1 is 1.22 bits per heavy atom. The van der Waals surface area contributed by atoms with Gasteiger partial charge in [-0.2, -0.15) is 4.98 Å². The lowest BCUT2D eigenvalue weighted by Crippen LogP contribution is -2.43. The Labute approximate surface area is 136 Å². The quantitative estimate of drug-likeness (QED) is 0.865. The average Bonchev–Trinajstić information content (AvgIpc) is 3.00. The number of rotatable bonds is 4. The number of hydrogen-bond donors (Lipinski definition) is 0. The van der Waals surface area contributed by atoms with Crippen molar-refractivity contribution in [2.24, 2.45) is 0 Å². The average molecular weight is 314 g/mol. The van der Waals surface area contributed by atoms with Crippen LogP contribution in [0.5, 0.6) is 5.88 Å². The predicted octanol–water partition coefficient (Wildman–Crippen LogP) is 1.96. The summed E-state index contributed by atoms with van der Waals surface area (Å²) in [6.45, 7) is 5.66. The normalized spacial score (nSPS) is 15.7. The molecule has 1 saturated heterocycles. The van der Waals surface area contributed by atoms with Gasteiger partial charge in [0.2, 0.25) is 11.8 Å². The number of piperidine rings is 1. The maximum absolute atomic E-state index is 12.3. The van der Waals surface area contributed by atoms with Gasteiger partial charge in [0.1, 0.15) is 18.5 Å². The van der Waals surface area contributed by atoms with Gasteiger partial charge in [0, 0.05) is 50.1 Å². The summed E-state index contributed by atoms with van der Waals surface area (Å²) in [5.41, 5.74) is 0.909. The van der Waals surface area contributed by atoms with E-state index in [1.54, 1.807) is 0 Å². The molecule has 0 saturated carbocycles. The standard InChI is InChI=1S/C17H22N4O2/c1-13-11-16(19-14(2)18-13)23-15-5-9-21(10-6-15)17(22)12-20-7-3-4-8-20/h3-4,7-8,11,15H,5-6,9-10,12H2,1-2H3. The van der Waals surface area contributed by atoms with E-state index in [1.165, 1.54) is 0 Å². The van der Waals surface area contributed by atoms with Crippen molar-refractivity contribution in [3.8, 4) is 5.88 Å². The van der Waals surface area contributed by atoms with Crippen LogP contribution in [-0.4, -0.2) is 44.5 Å². The molecule has 2 aromatic heterocycles. The second-order valence-corrected chi connectivity index (χ2v) is 5.95. The van der Waals surface area contributed by atoms with E-state index in [2.05, 4.69) is 9.97 Å². The Balaban J connectivity index is 1.51. The summed E-state index contributed by atoms with van der Waals surface area (Å²) in [4.78, 5) is 22.7. The second-order valence-electron chi connectivity index (χ2n) is 5.95. The molecule has 0 aliphatic carbocycles. The number of aryl methyl sites for hydroxylation is 2. The minimum Gasteiger partial charge on any atom is -0.474 e. The zero-order chi connectivity index (χ0) is 16.2. The van der Waals surface area contributed by atoms with E-state index in [0.29, 0.717) is 12.4 Å². The van der Waals surface area contributed by atoms with E-state index in [4.69, 9.17) is 4.74 Å². The van der Waals surface area contributed by atoms with E-state index in [1.807, 2.05) is 53.9 Å². The summed E-state index contributed by atoms with van der Waals surface area (Å²) in [7, 11) is 0. The highest BCUT2D eigenvalue weighted by Crippen LogP contribution is 2.18. The summed E-state index contributed by atoms with van der Waals surface area (Å²) >= 11 is 0. The highest BCUT2D eigenvalue weighted by atomic mass is 16.5. The smallest absolute Gasteiger partial charge is 0.242 e. The summed E-state index contributed by atoms with van der Waals surface area (Å²) < 4.78 is 7.86. The minimum atomic E-state index is 0.110. The fraction of sp³-hybridized carbons (Fsp3) is 0.471. The van der Waals surface area contributed by atoms with Gasteiger partial charge in [-0.25, -0.2) is 4.98 Å². The molecule has 6 nitrogen and oxygen atoms in total. The molecule has 0 atom stereocenters. The molecule has 1 fully saturated rings. The highest BCUT2D eigenvalue weighted by molar-refractivity contribution is 5.76. The summed E-state index contributed by atoms with van der Waals surface area (Å²) in [5.74, 6) is 1.51. The molecule has 0 unspecified atom stereocenters. The van der Waals surface area contributed by atoms with Gasteiger partial charge >= 0.3 is 0 Å². The van der Waals surface area contributed by atoms with Gasteiger partial charge in [-0.3, -0.25) is 4.79 Å². The summed E-state index contributed by atoms with van der Waals surface area (Å²) in [6, 6.07) is 5.72. The SMILES string of the molecule is Cc1cc(OC2CCN(C(=O)Cn3cccc3)CC2)nc(C)n1. The summed E-state index contributed by atoms with van der Waals surface area (Å²) in [6.07, 6.45) is 5.60. The molecule has 1 aliphatic rings. The Morgan fingerprint density at radius 2 is 1.91 bits per heavy atom. The lowest BCUT2D eigenvalue weighted by Gasteiger charge is -2.32. The van der Waals surface area contributed by atoms with Crippen LogP contribution in [0, 0.1) is 13.8 Å². The van der Waals surface area contributed by atoms with Crippen LogP contribution in [0.1, 0.15) is 24.4 Å². The molecular weight excluding hydrogens is 292 g/mol. The number of likely N-dealkylation sites (tertiary alicyclic amines) is 1. The van der Waals surface area contributed by atoms with E-state index in [9.17, 15) is 4.79 Å². The van der Waals surface area contributed by atoms with Crippen LogP contribution in [0.2, 0.25) is 0 Å². The largest absolute Gasteiger partial charge is 0.474 e. The highest BCUT2D eigenvalue weighted by Gasteiger charge is 2.24. The minimum absolute atomic E-state index is 0.110. The Bertz CT molecular complexity index is 641. The van der Waals surface area contributed by atoms with Crippen LogP contribution >= 0.6 is 0 Å². The number of hydrogen-bond acceptors (Lipinski definition) is 4. The first-order chi connectivity index (χ1) is 11.1. The Hall–Kier alpha value is -2.37. The molecule has 0 spiro atoms. The molecule has 0 N–H and O–H groups in total. The number of aromatic nitrogens is 3. The van der Waals surface area contributed by atoms with Crippen LogP contribution in [0.3, 0.4) is 0 Å². The molecule has 23 heavy (non-hydrogen) atoms. The van der Waals surface area contributed by atoms with Crippen LogP contribution in [-0.2, 0) is 11.3 Å². The first-order valence-electron chi connectivity index (χ1n) is 7.97. The van der Waals surface area contributed by atoms with Gasteiger partial charge in [0.15, 0.2) is 0 Å². The monoisotopic (exact) mass is 314 g/mol. The molecule has 6 heteroatoms. The van der Waals surface area contributed by atoms with Crippen molar-refractivity contribution >= 4 is 5.91 Å². The molecule has 1 amide bonds. The third-order valence-electron chi connectivity index (χ3n) is 4.01. The van der Waals surface area contributed by atoms with Gasteiger partial charge in [0.05, 0.1) is 0 Å². The van der Waals surface area contributed by atoms with Crippen LogP contribution in [0.4, 0.5) is 0 Å². The molecule has 1 aliphatic heterocycles. The number of carbonyl (C=O) groups excluding carboxylic acids is 1. The van der Waals surface area contributed by atoms with Crippen LogP contribution < -0.4 is 4.74 Å². The van der Waals surface area contributed by atoms with Crippen molar-refractivity contribution in [2.75, 3.05) is 13.1 Å². The van der Waals surface area contributed by atoms with Crippen molar-refractivity contribution in [2.45, 2.75) is 39.3 Å². The molecule has 0 bridgehead atoms. The third kappa shape index (κ3) is 4.09. The lowest BCUT2D eigenvalue weighted by atomic mass is 10.1.